The Morgan fingerprint density at radius 2 is 2.22 bits per heavy atom. The van der Waals surface area contributed by atoms with E-state index in [4.69, 9.17) is 9.47 Å². The largest absolute Gasteiger partial charge is 0.381 e. The van der Waals surface area contributed by atoms with Gasteiger partial charge in [0, 0.05) is 46.8 Å². The summed E-state index contributed by atoms with van der Waals surface area (Å²) in [6, 6.07) is 8.42. The van der Waals surface area contributed by atoms with E-state index in [1.54, 1.807) is 7.11 Å². The average Bonchev–Trinajstić information content (AvgIpc) is 3.01. The van der Waals surface area contributed by atoms with E-state index in [1.165, 1.54) is 11.1 Å². The summed E-state index contributed by atoms with van der Waals surface area (Å²) >= 11 is 0. The Labute approximate surface area is 156 Å². The molecular formula is C17H28IN3O2. The Morgan fingerprint density at radius 1 is 1.43 bits per heavy atom. The van der Waals surface area contributed by atoms with Crippen molar-refractivity contribution in [3.05, 3.63) is 35.4 Å². The Balaban J connectivity index is 0.00000264. The molecule has 1 aromatic rings. The van der Waals surface area contributed by atoms with Gasteiger partial charge in [0.25, 0.3) is 0 Å². The fraction of sp³-hybridized carbons (Fsp3) is 0.588. The van der Waals surface area contributed by atoms with Crippen molar-refractivity contribution in [2.75, 3.05) is 41.0 Å². The summed E-state index contributed by atoms with van der Waals surface area (Å²) in [4.78, 5) is 6.55. The molecule has 0 amide bonds. The lowest BCUT2D eigenvalue weighted by atomic mass is 10.1. The van der Waals surface area contributed by atoms with E-state index in [1.807, 2.05) is 7.05 Å². The van der Waals surface area contributed by atoms with Gasteiger partial charge in [-0.3, -0.25) is 4.99 Å². The summed E-state index contributed by atoms with van der Waals surface area (Å²) in [6.07, 6.45) is 1.14. The van der Waals surface area contributed by atoms with Crippen LogP contribution in [-0.2, 0) is 22.6 Å². The standard InChI is InChI=1S/C17H27N3O2.HI/c1-18-17(20(2)11-16-7-8-22-13-16)19-10-14-5-4-6-15(9-14)12-21-3;/h4-6,9,16H,7-8,10-13H2,1-3H3,(H,18,19);1H. The highest BCUT2D eigenvalue weighted by atomic mass is 127. The first-order valence-electron chi connectivity index (χ1n) is 7.79. The smallest absolute Gasteiger partial charge is 0.193 e. The molecule has 1 N–H and O–H groups in total. The minimum absolute atomic E-state index is 0. The number of nitrogens with one attached hydrogen (secondary N) is 1. The lowest BCUT2D eigenvalue weighted by molar-refractivity contribution is 0.181. The van der Waals surface area contributed by atoms with Gasteiger partial charge < -0.3 is 19.7 Å². The molecule has 1 aliphatic rings. The first kappa shape index (κ1) is 20.2. The van der Waals surface area contributed by atoms with Gasteiger partial charge in [-0.15, -0.1) is 24.0 Å². The summed E-state index contributed by atoms with van der Waals surface area (Å²) in [5.74, 6) is 1.53. The van der Waals surface area contributed by atoms with Crippen LogP contribution in [0.25, 0.3) is 0 Å². The first-order valence-corrected chi connectivity index (χ1v) is 7.79. The molecule has 6 heteroatoms. The number of hydrogen-bond acceptors (Lipinski definition) is 3. The number of ether oxygens (including phenoxy) is 2. The first-order chi connectivity index (χ1) is 10.7. The van der Waals surface area contributed by atoms with Crippen molar-refractivity contribution in [3.63, 3.8) is 0 Å². The van der Waals surface area contributed by atoms with E-state index < -0.39 is 0 Å². The summed E-state index contributed by atoms with van der Waals surface area (Å²) in [5, 5.41) is 3.42. The van der Waals surface area contributed by atoms with E-state index in [2.05, 4.69) is 46.5 Å². The molecule has 130 valence electrons. The van der Waals surface area contributed by atoms with Crippen LogP contribution in [0.3, 0.4) is 0 Å². The summed E-state index contributed by atoms with van der Waals surface area (Å²) in [6.45, 7) is 4.13. The molecule has 1 fully saturated rings. The third-order valence-corrected chi connectivity index (χ3v) is 3.88. The van der Waals surface area contributed by atoms with E-state index >= 15 is 0 Å². The number of nitrogens with zero attached hydrogens (tertiary/aromatic N) is 2. The lowest BCUT2D eigenvalue weighted by Gasteiger charge is -2.24. The Bertz CT molecular complexity index is 490. The quantitative estimate of drug-likeness (QED) is 0.426. The van der Waals surface area contributed by atoms with Gasteiger partial charge in [-0.1, -0.05) is 24.3 Å². The van der Waals surface area contributed by atoms with Gasteiger partial charge >= 0.3 is 0 Å². The van der Waals surface area contributed by atoms with Crippen LogP contribution >= 0.6 is 24.0 Å². The molecule has 1 unspecified atom stereocenters. The number of aliphatic imine (C=N–C) groups is 1. The number of hydrogen-bond donors (Lipinski definition) is 1. The molecule has 0 saturated carbocycles. The van der Waals surface area contributed by atoms with E-state index in [9.17, 15) is 0 Å². The monoisotopic (exact) mass is 433 g/mol. The van der Waals surface area contributed by atoms with Gasteiger partial charge in [0.2, 0.25) is 0 Å². The van der Waals surface area contributed by atoms with E-state index in [0.29, 0.717) is 12.5 Å². The zero-order valence-corrected chi connectivity index (χ0v) is 16.6. The molecule has 1 heterocycles. The molecule has 0 spiro atoms. The van der Waals surface area contributed by atoms with Crippen LogP contribution in [0.15, 0.2) is 29.3 Å². The van der Waals surface area contributed by atoms with Crippen LogP contribution < -0.4 is 5.32 Å². The van der Waals surface area contributed by atoms with Crippen molar-refractivity contribution in [2.45, 2.75) is 19.6 Å². The molecule has 2 rings (SSSR count). The van der Waals surface area contributed by atoms with Crippen LogP contribution in [0.2, 0.25) is 0 Å². The zero-order chi connectivity index (χ0) is 15.8. The Hall–Kier alpha value is -0.860. The molecule has 1 saturated heterocycles. The van der Waals surface area contributed by atoms with Crippen molar-refractivity contribution in [3.8, 4) is 0 Å². The van der Waals surface area contributed by atoms with Gasteiger partial charge in [0.1, 0.15) is 0 Å². The SMILES string of the molecule is CN=C(NCc1cccc(COC)c1)N(C)CC1CCOC1.I. The van der Waals surface area contributed by atoms with Crippen LogP contribution in [-0.4, -0.2) is 51.8 Å². The van der Waals surface area contributed by atoms with Gasteiger partial charge in [-0.25, -0.2) is 0 Å². The highest BCUT2D eigenvalue weighted by molar-refractivity contribution is 14.0. The van der Waals surface area contributed by atoms with Crippen LogP contribution in [0.5, 0.6) is 0 Å². The third-order valence-electron chi connectivity index (χ3n) is 3.88. The van der Waals surface area contributed by atoms with Crippen molar-refractivity contribution < 1.29 is 9.47 Å². The van der Waals surface area contributed by atoms with Crippen molar-refractivity contribution in [2.24, 2.45) is 10.9 Å². The average molecular weight is 433 g/mol. The molecule has 0 radical (unpaired) electrons. The highest BCUT2D eigenvalue weighted by Gasteiger charge is 2.18. The number of halogens is 1. The lowest BCUT2D eigenvalue weighted by Crippen LogP contribution is -2.41. The number of benzene rings is 1. The fourth-order valence-electron chi connectivity index (χ4n) is 2.76. The molecular weight excluding hydrogens is 405 g/mol. The van der Waals surface area contributed by atoms with E-state index in [-0.39, 0.29) is 24.0 Å². The van der Waals surface area contributed by atoms with Crippen LogP contribution in [0.1, 0.15) is 17.5 Å². The summed E-state index contributed by atoms with van der Waals surface area (Å²) in [7, 11) is 5.62. The van der Waals surface area contributed by atoms with Crippen LogP contribution in [0, 0.1) is 5.92 Å². The molecule has 1 aromatic carbocycles. The predicted molar refractivity (Wildman–Crippen MR) is 104 cm³/mol. The highest BCUT2D eigenvalue weighted by Crippen LogP contribution is 2.13. The fourth-order valence-corrected chi connectivity index (χ4v) is 2.76. The van der Waals surface area contributed by atoms with Crippen molar-refractivity contribution in [1.29, 1.82) is 0 Å². The Morgan fingerprint density at radius 3 is 2.87 bits per heavy atom. The summed E-state index contributed by atoms with van der Waals surface area (Å²) < 4.78 is 10.6. The second-order valence-corrected chi connectivity index (χ2v) is 5.76. The Kier molecular flexibility index (Phi) is 9.50. The summed E-state index contributed by atoms with van der Waals surface area (Å²) in [5.41, 5.74) is 2.42. The van der Waals surface area contributed by atoms with Gasteiger partial charge in [0.15, 0.2) is 5.96 Å². The molecule has 5 nitrogen and oxygen atoms in total. The second-order valence-electron chi connectivity index (χ2n) is 5.76. The predicted octanol–water partition coefficient (Wildman–Crippen LogP) is 2.49. The molecule has 1 aliphatic heterocycles. The topological polar surface area (TPSA) is 46.1 Å². The third kappa shape index (κ3) is 6.64. The van der Waals surface area contributed by atoms with E-state index in [0.717, 1.165) is 38.7 Å². The maximum absolute atomic E-state index is 5.44. The number of rotatable bonds is 6. The molecule has 0 aromatic heterocycles. The van der Waals surface area contributed by atoms with Crippen LogP contribution in [0.4, 0.5) is 0 Å². The maximum atomic E-state index is 5.44. The molecule has 0 bridgehead atoms. The molecule has 0 aliphatic carbocycles. The van der Waals surface area contributed by atoms with Crippen molar-refractivity contribution in [1.82, 2.24) is 10.2 Å². The number of guanidine groups is 1. The normalized spacial score (nSPS) is 17.7. The number of methoxy groups -OCH3 is 1. The van der Waals surface area contributed by atoms with Gasteiger partial charge in [-0.2, -0.15) is 0 Å². The minimum atomic E-state index is 0. The van der Waals surface area contributed by atoms with Crippen molar-refractivity contribution >= 4 is 29.9 Å². The molecule has 1 atom stereocenters. The minimum Gasteiger partial charge on any atom is -0.381 e. The molecule has 23 heavy (non-hydrogen) atoms. The van der Waals surface area contributed by atoms with Gasteiger partial charge in [-0.05, 0) is 17.5 Å². The second kappa shape index (κ2) is 10.8. The maximum Gasteiger partial charge on any atom is 0.193 e. The van der Waals surface area contributed by atoms with Gasteiger partial charge in [0.05, 0.1) is 13.2 Å². The zero-order valence-electron chi connectivity index (χ0n) is 14.2.